The van der Waals surface area contributed by atoms with Crippen LogP contribution in [0.1, 0.15) is 19.0 Å². The van der Waals surface area contributed by atoms with Gasteiger partial charge in [-0.25, -0.2) is 4.98 Å². The first-order chi connectivity index (χ1) is 8.43. The van der Waals surface area contributed by atoms with Crippen molar-refractivity contribution in [2.24, 2.45) is 0 Å². The molecule has 0 aromatic carbocycles. The van der Waals surface area contributed by atoms with Crippen LogP contribution in [0.2, 0.25) is 0 Å². The number of carbonyl (C=O) groups excluding carboxylic acids is 1. The molecule has 7 heteroatoms. The molecule has 1 rings (SSSR count). The second-order valence-corrected chi connectivity index (χ2v) is 3.53. The van der Waals surface area contributed by atoms with Gasteiger partial charge in [0, 0.05) is 6.61 Å². The number of rotatable bonds is 5. The smallest absolute Gasteiger partial charge is 0.372 e. The van der Waals surface area contributed by atoms with Crippen LogP contribution in [-0.2, 0) is 15.7 Å². The van der Waals surface area contributed by atoms with E-state index in [0.717, 1.165) is 24.8 Å². The third kappa shape index (κ3) is 4.70. The Morgan fingerprint density at radius 3 is 2.67 bits per heavy atom. The van der Waals surface area contributed by atoms with Crippen molar-refractivity contribution in [1.82, 2.24) is 4.98 Å². The first-order valence-corrected chi connectivity index (χ1v) is 5.34. The van der Waals surface area contributed by atoms with Gasteiger partial charge in [-0.1, -0.05) is 6.92 Å². The minimum atomic E-state index is -4.48. The van der Waals surface area contributed by atoms with E-state index in [1.807, 2.05) is 6.92 Å². The average molecular weight is 262 g/mol. The van der Waals surface area contributed by atoms with Crippen LogP contribution in [0.15, 0.2) is 18.3 Å². The maximum atomic E-state index is 12.2. The van der Waals surface area contributed by atoms with E-state index in [2.05, 4.69) is 10.3 Å². The monoisotopic (exact) mass is 262 g/mol. The topological polar surface area (TPSA) is 51.2 Å². The van der Waals surface area contributed by atoms with Crippen molar-refractivity contribution >= 4 is 11.6 Å². The van der Waals surface area contributed by atoms with Gasteiger partial charge in [0.05, 0.1) is 11.9 Å². The normalized spacial score (nSPS) is 11.3. The van der Waals surface area contributed by atoms with Gasteiger partial charge in [-0.3, -0.25) is 4.79 Å². The highest BCUT2D eigenvalue weighted by Gasteiger charge is 2.32. The van der Waals surface area contributed by atoms with Gasteiger partial charge in [0.15, 0.2) is 0 Å². The number of nitrogens with zero attached hydrogens (tertiary/aromatic N) is 1. The van der Waals surface area contributed by atoms with Gasteiger partial charge >= 0.3 is 6.18 Å². The van der Waals surface area contributed by atoms with Crippen molar-refractivity contribution in [3.63, 3.8) is 0 Å². The first kappa shape index (κ1) is 14.4. The molecule has 1 heterocycles. The number of carbonyl (C=O) groups is 1. The van der Waals surface area contributed by atoms with Gasteiger partial charge in [-0.05, 0) is 18.6 Å². The van der Waals surface area contributed by atoms with Gasteiger partial charge in [0.1, 0.15) is 12.3 Å². The second-order valence-electron chi connectivity index (χ2n) is 3.53. The summed E-state index contributed by atoms with van der Waals surface area (Å²) in [6.07, 6.45) is -2.73. The van der Waals surface area contributed by atoms with Crippen LogP contribution in [0.5, 0.6) is 0 Å². The summed E-state index contributed by atoms with van der Waals surface area (Å²) in [6.45, 7) is 2.23. The molecule has 1 aromatic rings. The number of aromatic nitrogens is 1. The lowest BCUT2D eigenvalue weighted by Crippen LogP contribution is -2.19. The molecule has 18 heavy (non-hydrogen) atoms. The lowest BCUT2D eigenvalue weighted by Gasteiger charge is -2.08. The van der Waals surface area contributed by atoms with Crippen molar-refractivity contribution in [3.05, 3.63) is 24.0 Å². The molecule has 0 saturated heterocycles. The third-order valence-electron chi connectivity index (χ3n) is 1.92. The molecule has 1 N–H and O–H groups in total. The van der Waals surface area contributed by atoms with E-state index < -0.39 is 17.8 Å². The fourth-order valence-electron chi connectivity index (χ4n) is 1.14. The van der Waals surface area contributed by atoms with Crippen molar-refractivity contribution in [3.8, 4) is 0 Å². The molecular formula is C11H13F3N2O2. The summed E-state index contributed by atoms with van der Waals surface area (Å²) >= 11 is 0. The van der Waals surface area contributed by atoms with Crippen LogP contribution in [-0.4, -0.2) is 24.1 Å². The van der Waals surface area contributed by atoms with Gasteiger partial charge in [-0.2, -0.15) is 13.2 Å². The Hall–Kier alpha value is -1.63. The number of amides is 1. The summed E-state index contributed by atoms with van der Waals surface area (Å²) < 4.78 is 41.6. The average Bonchev–Trinajstić information content (AvgIpc) is 2.29. The summed E-state index contributed by atoms with van der Waals surface area (Å²) in [7, 11) is 0. The predicted octanol–water partition coefficient (Wildman–Crippen LogP) is 2.47. The summed E-state index contributed by atoms with van der Waals surface area (Å²) in [5.41, 5.74) is -0.796. The summed E-state index contributed by atoms with van der Waals surface area (Å²) in [5, 5.41) is 2.39. The Morgan fingerprint density at radius 2 is 2.17 bits per heavy atom. The lowest BCUT2D eigenvalue weighted by atomic mass is 10.3. The second kappa shape index (κ2) is 6.34. The molecule has 0 radical (unpaired) electrons. The lowest BCUT2D eigenvalue weighted by molar-refractivity contribution is -0.141. The zero-order valence-electron chi connectivity index (χ0n) is 9.75. The molecule has 0 atom stereocenters. The minimum Gasteiger partial charge on any atom is -0.372 e. The van der Waals surface area contributed by atoms with Gasteiger partial charge in [-0.15, -0.1) is 0 Å². The number of ether oxygens (including phenoxy) is 1. The van der Waals surface area contributed by atoms with Crippen LogP contribution in [0.25, 0.3) is 0 Å². The fraction of sp³-hybridized carbons (Fsp3) is 0.455. The maximum absolute atomic E-state index is 12.2. The highest BCUT2D eigenvalue weighted by molar-refractivity contribution is 5.91. The van der Waals surface area contributed by atoms with Gasteiger partial charge in [0.2, 0.25) is 5.91 Å². The van der Waals surface area contributed by atoms with Crippen molar-refractivity contribution in [1.29, 1.82) is 0 Å². The molecule has 0 fully saturated rings. The van der Waals surface area contributed by atoms with E-state index in [1.165, 1.54) is 0 Å². The standard InChI is InChI=1S/C11H13F3N2O2/c1-2-5-18-7-10(17)16-8-3-4-9(15-6-8)11(12,13)14/h3-4,6H,2,5,7H2,1H3,(H,16,17). The summed E-state index contributed by atoms with van der Waals surface area (Å²) in [4.78, 5) is 14.5. The van der Waals surface area contributed by atoms with E-state index in [0.29, 0.717) is 6.61 Å². The minimum absolute atomic E-state index is 0.130. The van der Waals surface area contributed by atoms with E-state index in [9.17, 15) is 18.0 Å². The van der Waals surface area contributed by atoms with Crippen LogP contribution >= 0.6 is 0 Å². The number of hydrogen-bond acceptors (Lipinski definition) is 3. The van der Waals surface area contributed by atoms with E-state index in [1.54, 1.807) is 0 Å². The Balaban J connectivity index is 2.51. The molecule has 4 nitrogen and oxygen atoms in total. The Bertz CT molecular complexity index is 390. The fourth-order valence-corrected chi connectivity index (χ4v) is 1.14. The molecule has 0 spiro atoms. The molecule has 1 amide bonds. The van der Waals surface area contributed by atoms with E-state index in [-0.39, 0.29) is 12.3 Å². The molecule has 0 aliphatic carbocycles. The SMILES string of the molecule is CCCOCC(=O)Nc1ccc(C(F)(F)F)nc1. The first-order valence-electron chi connectivity index (χ1n) is 5.34. The van der Waals surface area contributed by atoms with Crippen molar-refractivity contribution < 1.29 is 22.7 Å². The van der Waals surface area contributed by atoms with Gasteiger partial charge < -0.3 is 10.1 Å². The Kier molecular flexibility index (Phi) is 5.08. The zero-order valence-corrected chi connectivity index (χ0v) is 9.75. The summed E-state index contributed by atoms with van der Waals surface area (Å²) in [5.74, 6) is -0.426. The number of hydrogen-bond donors (Lipinski definition) is 1. The molecule has 0 saturated carbocycles. The number of alkyl halides is 3. The number of anilines is 1. The number of pyridine rings is 1. The molecule has 0 aliphatic rings. The molecule has 0 unspecified atom stereocenters. The molecule has 100 valence electrons. The number of halogens is 3. The van der Waals surface area contributed by atoms with Crippen LogP contribution < -0.4 is 5.32 Å². The Labute approximate surface area is 102 Å². The third-order valence-corrected chi connectivity index (χ3v) is 1.92. The van der Waals surface area contributed by atoms with Crippen LogP contribution in [0.3, 0.4) is 0 Å². The highest BCUT2D eigenvalue weighted by atomic mass is 19.4. The summed E-state index contributed by atoms with van der Waals surface area (Å²) in [6, 6.07) is 1.95. The van der Waals surface area contributed by atoms with E-state index >= 15 is 0 Å². The van der Waals surface area contributed by atoms with Crippen molar-refractivity contribution in [2.45, 2.75) is 19.5 Å². The molecule has 0 aliphatic heterocycles. The molecule has 0 bridgehead atoms. The zero-order chi connectivity index (χ0) is 13.6. The van der Waals surface area contributed by atoms with E-state index in [4.69, 9.17) is 4.74 Å². The largest absolute Gasteiger partial charge is 0.433 e. The van der Waals surface area contributed by atoms with Gasteiger partial charge in [0.25, 0.3) is 0 Å². The molecule has 1 aromatic heterocycles. The Morgan fingerprint density at radius 1 is 1.44 bits per heavy atom. The molecular weight excluding hydrogens is 249 g/mol. The van der Waals surface area contributed by atoms with Crippen LogP contribution in [0, 0.1) is 0 Å². The highest BCUT2D eigenvalue weighted by Crippen LogP contribution is 2.27. The predicted molar refractivity (Wildman–Crippen MR) is 59.0 cm³/mol. The maximum Gasteiger partial charge on any atom is 0.433 e. The van der Waals surface area contributed by atoms with Crippen molar-refractivity contribution in [2.75, 3.05) is 18.5 Å². The quantitative estimate of drug-likeness (QED) is 0.829. The van der Waals surface area contributed by atoms with Crippen LogP contribution in [0.4, 0.5) is 18.9 Å². The number of nitrogens with one attached hydrogen (secondary N) is 1.